The summed E-state index contributed by atoms with van der Waals surface area (Å²) in [5.41, 5.74) is 2.29. The fraction of sp³-hybridized carbons (Fsp3) is 0.200. The molecule has 3 aromatic carbocycles. The molecule has 0 spiro atoms. The van der Waals surface area contributed by atoms with Gasteiger partial charge in [0.1, 0.15) is 23.0 Å². The molecule has 1 amide bonds. The van der Waals surface area contributed by atoms with Crippen molar-refractivity contribution in [2.45, 2.75) is 0 Å². The first-order valence-electron chi connectivity index (χ1n) is 10.5. The molecule has 0 atom stereocenters. The summed E-state index contributed by atoms with van der Waals surface area (Å²) in [6.07, 6.45) is 0. The maximum atomic E-state index is 12.9. The summed E-state index contributed by atoms with van der Waals surface area (Å²) in [5, 5.41) is 0.620. The number of aliphatic imine (C=N–C) groups is 1. The van der Waals surface area contributed by atoms with E-state index in [4.69, 9.17) is 26.1 Å². The van der Waals surface area contributed by atoms with Gasteiger partial charge in [0.15, 0.2) is 5.75 Å². The zero-order chi connectivity index (χ0) is 22.1. The Morgan fingerprint density at radius 2 is 1.72 bits per heavy atom. The molecule has 3 aromatic rings. The quantitative estimate of drug-likeness (QED) is 0.555. The highest BCUT2D eigenvalue weighted by Gasteiger charge is 2.28. The maximum Gasteiger partial charge on any atom is 0.253 e. The number of amidine groups is 1. The van der Waals surface area contributed by atoms with Crippen LogP contribution >= 0.6 is 11.6 Å². The molecule has 1 fully saturated rings. The zero-order valence-electron chi connectivity index (χ0n) is 17.6. The van der Waals surface area contributed by atoms with Gasteiger partial charge >= 0.3 is 0 Å². The molecule has 0 saturated carbocycles. The molecule has 32 heavy (non-hydrogen) atoms. The molecule has 0 radical (unpaired) electrons. The van der Waals surface area contributed by atoms with Crippen LogP contribution < -0.4 is 9.47 Å². The van der Waals surface area contributed by atoms with Gasteiger partial charge in [0, 0.05) is 36.8 Å². The van der Waals surface area contributed by atoms with Gasteiger partial charge in [-0.15, -0.1) is 0 Å². The molecule has 0 aliphatic carbocycles. The summed E-state index contributed by atoms with van der Waals surface area (Å²) >= 11 is 5.96. The molecule has 0 aromatic heterocycles. The Balaban J connectivity index is 1.42. The number of amides is 1. The molecule has 2 aliphatic rings. The van der Waals surface area contributed by atoms with E-state index in [0.29, 0.717) is 42.5 Å². The molecule has 0 unspecified atom stereocenters. The SMILES string of the molecule is COc1ccc2c(c1)C(N1CCN(C(=O)c3ccc(Cl)cc3)CC1)=Nc1ccccc1O2. The lowest BCUT2D eigenvalue weighted by Gasteiger charge is -2.36. The van der Waals surface area contributed by atoms with Crippen LogP contribution in [0.3, 0.4) is 0 Å². The molecule has 0 N–H and O–H groups in total. The number of benzene rings is 3. The van der Waals surface area contributed by atoms with Crippen LogP contribution in [0, 0.1) is 0 Å². The van der Waals surface area contributed by atoms with Crippen LogP contribution in [0.1, 0.15) is 15.9 Å². The average molecular weight is 448 g/mol. The van der Waals surface area contributed by atoms with Gasteiger partial charge < -0.3 is 19.3 Å². The number of hydrogen-bond acceptors (Lipinski definition) is 5. The average Bonchev–Trinajstić information content (AvgIpc) is 3.00. The first-order chi connectivity index (χ1) is 15.6. The van der Waals surface area contributed by atoms with Crippen LogP contribution in [0.5, 0.6) is 17.2 Å². The fourth-order valence-corrected chi connectivity index (χ4v) is 4.09. The fourth-order valence-electron chi connectivity index (χ4n) is 3.97. The Bertz CT molecular complexity index is 1190. The third kappa shape index (κ3) is 3.89. The molecule has 5 rings (SSSR count). The normalized spacial score (nSPS) is 15.1. The van der Waals surface area contributed by atoms with Crippen molar-refractivity contribution in [1.82, 2.24) is 9.80 Å². The van der Waals surface area contributed by atoms with Crippen molar-refractivity contribution in [1.29, 1.82) is 0 Å². The van der Waals surface area contributed by atoms with E-state index in [1.165, 1.54) is 0 Å². The Morgan fingerprint density at radius 3 is 2.47 bits per heavy atom. The van der Waals surface area contributed by atoms with E-state index < -0.39 is 0 Å². The van der Waals surface area contributed by atoms with E-state index in [1.807, 2.05) is 47.4 Å². The number of carbonyl (C=O) groups is 1. The minimum Gasteiger partial charge on any atom is -0.497 e. The lowest BCUT2D eigenvalue weighted by Crippen LogP contribution is -2.50. The minimum atomic E-state index is 0.0138. The highest BCUT2D eigenvalue weighted by atomic mass is 35.5. The van der Waals surface area contributed by atoms with Gasteiger partial charge in [-0.3, -0.25) is 4.79 Å². The van der Waals surface area contributed by atoms with Crippen LogP contribution in [0.2, 0.25) is 5.02 Å². The number of para-hydroxylation sites is 2. The summed E-state index contributed by atoms with van der Waals surface area (Å²) in [6.45, 7) is 2.53. The number of rotatable bonds is 2. The largest absolute Gasteiger partial charge is 0.497 e. The van der Waals surface area contributed by atoms with Gasteiger partial charge in [-0.1, -0.05) is 23.7 Å². The van der Waals surface area contributed by atoms with Gasteiger partial charge in [0.05, 0.1) is 12.7 Å². The van der Waals surface area contributed by atoms with Gasteiger partial charge in [-0.2, -0.15) is 0 Å². The van der Waals surface area contributed by atoms with Crippen LogP contribution in [0.4, 0.5) is 5.69 Å². The Kier molecular flexibility index (Phi) is 5.45. The number of nitrogens with zero attached hydrogens (tertiary/aromatic N) is 3. The number of fused-ring (bicyclic) bond motifs is 2. The molecule has 1 saturated heterocycles. The molecule has 0 bridgehead atoms. The third-order valence-corrected chi connectivity index (χ3v) is 5.95. The summed E-state index contributed by atoms with van der Waals surface area (Å²) < 4.78 is 11.6. The molecular formula is C25H22ClN3O3. The first-order valence-corrected chi connectivity index (χ1v) is 10.8. The second kappa shape index (κ2) is 8.55. The van der Waals surface area contributed by atoms with E-state index in [-0.39, 0.29) is 5.91 Å². The monoisotopic (exact) mass is 447 g/mol. The van der Waals surface area contributed by atoms with Crippen LogP contribution in [-0.4, -0.2) is 54.8 Å². The Morgan fingerprint density at radius 1 is 0.969 bits per heavy atom. The zero-order valence-corrected chi connectivity index (χ0v) is 18.4. The summed E-state index contributed by atoms with van der Waals surface area (Å²) in [4.78, 5) is 21.9. The van der Waals surface area contributed by atoms with Crippen molar-refractivity contribution in [2.75, 3.05) is 33.3 Å². The molecular weight excluding hydrogens is 426 g/mol. The second-order valence-electron chi connectivity index (χ2n) is 7.65. The Labute approximate surface area is 191 Å². The van der Waals surface area contributed by atoms with Crippen molar-refractivity contribution >= 4 is 29.0 Å². The van der Waals surface area contributed by atoms with Gasteiger partial charge in [-0.05, 0) is 54.6 Å². The lowest BCUT2D eigenvalue weighted by molar-refractivity contribution is 0.0692. The number of halogens is 1. The van der Waals surface area contributed by atoms with Gasteiger partial charge in [0.25, 0.3) is 5.91 Å². The van der Waals surface area contributed by atoms with E-state index in [2.05, 4.69) is 4.90 Å². The number of ether oxygens (including phenoxy) is 2. The number of methoxy groups -OCH3 is 1. The molecule has 2 heterocycles. The molecule has 2 aliphatic heterocycles. The lowest BCUT2D eigenvalue weighted by atomic mass is 10.1. The topological polar surface area (TPSA) is 54.4 Å². The summed E-state index contributed by atoms with van der Waals surface area (Å²) in [6, 6.07) is 20.5. The standard InChI is InChI=1S/C25H22ClN3O3/c1-31-19-10-11-22-20(16-19)24(27-21-4-2-3-5-23(21)32-22)28-12-14-29(15-13-28)25(30)17-6-8-18(26)9-7-17/h2-11,16H,12-15H2,1H3. The number of piperazine rings is 1. The third-order valence-electron chi connectivity index (χ3n) is 5.70. The van der Waals surface area contributed by atoms with Crippen LogP contribution in [0.25, 0.3) is 0 Å². The highest BCUT2D eigenvalue weighted by Crippen LogP contribution is 2.39. The summed E-state index contributed by atoms with van der Waals surface area (Å²) in [7, 11) is 1.64. The van der Waals surface area contributed by atoms with Crippen molar-refractivity contribution in [3.8, 4) is 17.2 Å². The maximum absolute atomic E-state index is 12.9. The van der Waals surface area contributed by atoms with E-state index >= 15 is 0 Å². The molecule has 7 heteroatoms. The van der Waals surface area contributed by atoms with E-state index in [9.17, 15) is 4.79 Å². The van der Waals surface area contributed by atoms with Crippen molar-refractivity contribution in [2.24, 2.45) is 4.99 Å². The van der Waals surface area contributed by atoms with E-state index in [0.717, 1.165) is 28.6 Å². The first kappa shape index (κ1) is 20.4. The predicted octanol–water partition coefficient (Wildman–Crippen LogP) is 4.99. The van der Waals surface area contributed by atoms with Crippen LogP contribution in [-0.2, 0) is 0 Å². The number of hydrogen-bond donors (Lipinski definition) is 0. The highest BCUT2D eigenvalue weighted by molar-refractivity contribution is 6.30. The van der Waals surface area contributed by atoms with Crippen LogP contribution in [0.15, 0.2) is 71.7 Å². The van der Waals surface area contributed by atoms with Gasteiger partial charge in [0.2, 0.25) is 0 Å². The molecule has 6 nitrogen and oxygen atoms in total. The smallest absolute Gasteiger partial charge is 0.253 e. The van der Waals surface area contributed by atoms with Crippen molar-refractivity contribution < 1.29 is 14.3 Å². The molecule has 162 valence electrons. The Hall–Kier alpha value is -3.51. The second-order valence-corrected chi connectivity index (χ2v) is 8.09. The summed E-state index contributed by atoms with van der Waals surface area (Å²) in [5.74, 6) is 3.02. The van der Waals surface area contributed by atoms with Crippen molar-refractivity contribution in [3.63, 3.8) is 0 Å². The number of carbonyl (C=O) groups excluding carboxylic acids is 1. The predicted molar refractivity (Wildman–Crippen MR) is 125 cm³/mol. The van der Waals surface area contributed by atoms with E-state index in [1.54, 1.807) is 31.4 Å². The van der Waals surface area contributed by atoms with Crippen molar-refractivity contribution in [3.05, 3.63) is 82.9 Å². The minimum absolute atomic E-state index is 0.0138. The van der Waals surface area contributed by atoms with Gasteiger partial charge in [-0.25, -0.2) is 4.99 Å².